The molecule has 0 radical (unpaired) electrons. The van der Waals surface area contributed by atoms with Crippen molar-refractivity contribution >= 4 is 29.2 Å². The summed E-state index contributed by atoms with van der Waals surface area (Å²) in [5, 5.41) is 12.5. The van der Waals surface area contributed by atoms with Crippen molar-refractivity contribution in [2.75, 3.05) is 5.32 Å². The molecule has 19 heavy (non-hydrogen) atoms. The zero-order valence-corrected chi connectivity index (χ0v) is 11.2. The lowest BCUT2D eigenvalue weighted by molar-refractivity contribution is -0.147. The quantitative estimate of drug-likeness (QED) is 0.894. The first-order valence-corrected chi connectivity index (χ1v) is 6.75. The molecule has 0 heterocycles. The Morgan fingerprint density at radius 2 is 1.68 bits per heavy atom. The van der Waals surface area contributed by atoms with Crippen LogP contribution in [-0.2, 0) is 9.59 Å². The van der Waals surface area contributed by atoms with E-state index in [0.29, 0.717) is 23.6 Å². The highest BCUT2D eigenvalue weighted by molar-refractivity contribution is 6.30. The second-order valence-corrected chi connectivity index (χ2v) is 5.27. The third-order valence-corrected chi connectivity index (χ3v) is 3.78. The van der Waals surface area contributed by atoms with Gasteiger partial charge in [-0.05, 0) is 37.1 Å². The number of benzene rings is 1. The van der Waals surface area contributed by atoms with Crippen molar-refractivity contribution in [2.24, 2.45) is 11.8 Å². The Kier molecular flexibility index (Phi) is 4.43. The highest BCUT2D eigenvalue weighted by Crippen LogP contribution is 2.31. The van der Waals surface area contributed by atoms with Crippen LogP contribution in [0, 0.1) is 11.8 Å². The number of nitrogens with one attached hydrogen (secondary N) is 1. The Balaban J connectivity index is 2.05. The maximum absolute atomic E-state index is 12.2. The molecule has 1 saturated carbocycles. The second-order valence-electron chi connectivity index (χ2n) is 4.83. The zero-order chi connectivity index (χ0) is 13.8. The number of carboxylic acids is 1. The minimum atomic E-state index is -0.879. The average molecular weight is 282 g/mol. The molecule has 102 valence electrons. The molecule has 2 atom stereocenters. The van der Waals surface area contributed by atoms with E-state index in [-0.39, 0.29) is 5.91 Å². The molecular formula is C14H16ClNO3. The number of hydrogen-bond donors (Lipinski definition) is 2. The van der Waals surface area contributed by atoms with Gasteiger partial charge in [0.2, 0.25) is 5.91 Å². The fourth-order valence-corrected chi connectivity index (χ4v) is 2.63. The Bertz CT molecular complexity index is 472. The van der Waals surface area contributed by atoms with Gasteiger partial charge in [0.25, 0.3) is 0 Å². The summed E-state index contributed by atoms with van der Waals surface area (Å²) in [5.41, 5.74) is 0.643. The summed E-state index contributed by atoms with van der Waals surface area (Å²) < 4.78 is 0. The summed E-state index contributed by atoms with van der Waals surface area (Å²) >= 11 is 5.77. The maximum atomic E-state index is 12.2. The van der Waals surface area contributed by atoms with Gasteiger partial charge in [-0.2, -0.15) is 0 Å². The summed E-state index contributed by atoms with van der Waals surface area (Å²) in [4.78, 5) is 23.3. The van der Waals surface area contributed by atoms with Crippen LogP contribution in [0.25, 0.3) is 0 Å². The molecule has 0 saturated heterocycles. The molecule has 0 aromatic heterocycles. The first kappa shape index (κ1) is 13.9. The number of halogens is 1. The normalized spacial score (nSPS) is 22.8. The van der Waals surface area contributed by atoms with Gasteiger partial charge in [-0.15, -0.1) is 0 Å². The van der Waals surface area contributed by atoms with Crippen molar-refractivity contribution in [2.45, 2.75) is 25.7 Å². The van der Waals surface area contributed by atoms with Gasteiger partial charge in [-0.1, -0.05) is 24.4 Å². The van der Waals surface area contributed by atoms with E-state index in [0.717, 1.165) is 12.8 Å². The fourth-order valence-electron chi connectivity index (χ4n) is 2.51. The number of carboxylic acid groups (broad SMARTS) is 1. The third-order valence-electron chi connectivity index (χ3n) is 3.53. The van der Waals surface area contributed by atoms with Gasteiger partial charge in [0.1, 0.15) is 0 Å². The molecule has 0 spiro atoms. The number of aliphatic carboxylic acids is 1. The lowest BCUT2D eigenvalue weighted by Gasteiger charge is -2.27. The molecule has 0 aliphatic heterocycles. The predicted molar refractivity (Wildman–Crippen MR) is 73.2 cm³/mol. The minimum Gasteiger partial charge on any atom is -0.481 e. The van der Waals surface area contributed by atoms with E-state index >= 15 is 0 Å². The van der Waals surface area contributed by atoms with Crippen LogP contribution in [0.15, 0.2) is 24.3 Å². The Morgan fingerprint density at radius 3 is 2.26 bits per heavy atom. The van der Waals surface area contributed by atoms with Crippen LogP contribution in [0.2, 0.25) is 5.02 Å². The third kappa shape index (κ3) is 3.47. The first-order valence-electron chi connectivity index (χ1n) is 6.37. The molecule has 1 aliphatic rings. The van der Waals surface area contributed by atoms with E-state index in [1.807, 2.05) is 0 Å². The predicted octanol–water partition coefficient (Wildman–Crippen LogP) is 3.17. The summed E-state index contributed by atoms with van der Waals surface area (Å²) in [6, 6.07) is 6.79. The topological polar surface area (TPSA) is 66.4 Å². The van der Waals surface area contributed by atoms with E-state index in [4.69, 9.17) is 16.7 Å². The summed E-state index contributed by atoms with van der Waals surface area (Å²) in [5.74, 6) is -2.10. The number of anilines is 1. The van der Waals surface area contributed by atoms with Crippen LogP contribution >= 0.6 is 11.6 Å². The van der Waals surface area contributed by atoms with Gasteiger partial charge in [0.15, 0.2) is 0 Å². The van der Waals surface area contributed by atoms with E-state index in [9.17, 15) is 9.59 Å². The molecule has 0 bridgehead atoms. The average Bonchev–Trinajstić information content (AvgIpc) is 2.41. The minimum absolute atomic E-state index is 0.213. The fraction of sp³-hybridized carbons (Fsp3) is 0.429. The van der Waals surface area contributed by atoms with Crippen LogP contribution in [0.3, 0.4) is 0 Å². The standard InChI is InChI=1S/C14H16ClNO3/c15-9-5-7-10(8-6-9)16-13(17)11-3-1-2-4-12(11)14(18)19/h5-8,11-12H,1-4H2,(H,16,17)(H,18,19)/t11-,12-/m0/s1. The molecule has 1 aliphatic carbocycles. The van der Waals surface area contributed by atoms with Crippen molar-refractivity contribution < 1.29 is 14.7 Å². The summed E-state index contributed by atoms with van der Waals surface area (Å²) in [6.45, 7) is 0. The molecule has 0 unspecified atom stereocenters. The zero-order valence-electron chi connectivity index (χ0n) is 10.4. The Hall–Kier alpha value is -1.55. The molecule has 1 aromatic rings. The van der Waals surface area contributed by atoms with E-state index in [1.165, 1.54) is 0 Å². The first-order chi connectivity index (χ1) is 9.08. The lowest BCUT2D eigenvalue weighted by Crippen LogP contribution is -2.36. The molecule has 1 aromatic carbocycles. The van der Waals surface area contributed by atoms with E-state index in [2.05, 4.69) is 5.32 Å². The maximum Gasteiger partial charge on any atom is 0.307 e. The number of rotatable bonds is 3. The van der Waals surface area contributed by atoms with E-state index < -0.39 is 17.8 Å². The summed E-state index contributed by atoms with van der Waals surface area (Å²) in [7, 11) is 0. The lowest BCUT2D eigenvalue weighted by atomic mass is 9.78. The van der Waals surface area contributed by atoms with E-state index in [1.54, 1.807) is 24.3 Å². The van der Waals surface area contributed by atoms with Crippen molar-refractivity contribution in [3.05, 3.63) is 29.3 Å². The largest absolute Gasteiger partial charge is 0.481 e. The highest BCUT2D eigenvalue weighted by Gasteiger charge is 2.35. The molecule has 5 heteroatoms. The molecule has 4 nitrogen and oxygen atoms in total. The van der Waals surface area contributed by atoms with Crippen molar-refractivity contribution in [1.29, 1.82) is 0 Å². The molecule has 2 rings (SSSR count). The molecule has 1 fully saturated rings. The summed E-state index contributed by atoms with van der Waals surface area (Å²) in [6.07, 6.45) is 2.99. The van der Waals surface area contributed by atoms with Gasteiger partial charge in [-0.25, -0.2) is 0 Å². The van der Waals surface area contributed by atoms with Crippen molar-refractivity contribution in [1.82, 2.24) is 0 Å². The number of carbonyl (C=O) groups excluding carboxylic acids is 1. The van der Waals surface area contributed by atoms with Crippen LogP contribution in [0.1, 0.15) is 25.7 Å². The Labute approximate surface area is 116 Å². The SMILES string of the molecule is O=C(O)[C@H]1CCCC[C@@H]1C(=O)Nc1ccc(Cl)cc1. The van der Waals surface area contributed by atoms with Crippen molar-refractivity contribution in [3.63, 3.8) is 0 Å². The van der Waals surface area contributed by atoms with Gasteiger partial charge >= 0.3 is 5.97 Å². The van der Waals surface area contributed by atoms with Gasteiger partial charge < -0.3 is 10.4 Å². The molecule has 1 amide bonds. The monoisotopic (exact) mass is 281 g/mol. The van der Waals surface area contributed by atoms with Crippen LogP contribution in [-0.4, -0.2) is 17.0 Å². The highest BCUT2D eigenvalue weighted by atomic mass is 35.5. The number of amides is 1. The number of hydrogen-bond acceptors (Lipinski definition) is 2. The van der Waals surface area contributed by atoms with Gasteiger partial charge in [0.05, 0.1) is 11.8 Å². The Morgan fingerprint density at radius 1 is 1.11 bits per heavy atom. The smallest absolute Gasteiger partial charge is 0.307 e. The molecular weight excluding hydrogens is 266 g/mol. The van der Waals surface area contributed by atoms with Gasteiger partial charge in [0, 0.05) is 10.7 Å². The van der Waals surface area contributed by atoms with Gasteiger partial charge in [-0.3, -0.25) is 9.59 Å². The van der Waals surface area contributed by atoms with Crippen molar-refractivity contribution in [3.8, 4) is 0 Å². The van der Waals surface area contributed by atoms with Crippen LogP contribution < -0.4 is 5.32 Å². The van der Waals surface area contributed by atoms with Crippen LogP contribution in [0.5, 0.6) is 0 Å². The van der Waals surface area contributed by atoms with Crippen LogP contribution in [0.4, 0.5) is 5.69 Å². The number of carbonyl (C=O) groups is 2. The molecule has 2 N–H and O–H groups in total. The second kappa shape index (κ2) is 6.06.